The molecule has 33 heavy (non-hydrogen) atoms. The summed E-state index contributed by atoms with van der Waals surface area (Å²) in [5, 5.41) is 0. The summed E-state index contributed by atoms with van der Waals surface area (Å²) in [4.78, 5) is 22.5. The Kier molecular flexibility index (Phi) is 7.81. The summed E-state index contributed by atoms with van der Waals surface area (Å²) in [6.07, 6.45) is 5.14. The molecule has 0 radical (unpaired) electrons. The molecule has 0 bridgehead atoms. The first kappa shape index (κ1) is 23.5. The average molecular weight is 448 g/mol. The van der Waals surface area contributed by atoms with E-state index in [4.69, 9.17) is 9.73 Å². The molecular formula is C28H37N3O2. The Bertz CT molecular complexity index is 979. The quantitative estimate of drug-likeness (QED) is 0.644. The molecule has 5 nitrogen and oxygen atoms in total. The lowest BCUT2D eigenvalue weighted by Gasteiger charge is -2.38. The number of carbonyl (C=O) groups is 1. The maximum Gasteiger partial charge on any atom is 0.227 e. The van der Waals surface area contributed by atoms with Crippen LogP contribution in [0.5, 0.6) is 0 Å². The van der Waals surface area contributed by atoms with Crippen molar-refractivity contribution in [2.75, 3.05) is 38.2 Å². The van der Waals surface area contributed by atoms with Crippen molar-refractivity contribution in [3.63, 3.8) is 0 Å². The van der Waals surface area contributed by atoms with Gasteiger partial charge in [-0.15, -0.1) is 0 Å². The Hall–Kier alpha value is -2.66. The van der Waals surface area contributed by atoms with Crippen LogP contribution in [0.25, 0.3) is 0 Å². The number of amides is 1. The fourth-order valence-electron chi connectivity index (χ4n) is 5.17. The molecule has 3 heterocycles. The Morgan fingerprint density at radius 1 is 1.00 bits per heavy atom. The molecule has 2 aromatic carbocycles. The van der Waals surface area contributed by atoms with Crippen LogP contribution >= 0.6 is 0 Å². The predicted molar refractivity (Wildman–Crippen MR) is 136 cm³/mol. The van der Waals surface area contributed by atoms with Crippen molar-refractivity contribution in [1.29, 1.82) is 0 Å². The molecule has 5 heteroatoms. The summed E-state index contributed by atoms with van der Waals surface area (Å²) in [5.74, 6) is 0.413. The largest absolute Gasteiger partial charge is 0.381 e. The lowest BCUT2D eigenvalue weighted by molar-refractivity contribution is -0.138. The molecule has 176 valence electrons. The number of ether oxygens (including phenoxy) is 1. The van der Waals surface area contributed by atoms with Crippen LogP contribution in [-0.2, 0) is 16.0 Å². The lowest BCUT2D eigenvalue weighted by Crippen LogP contribution is -2.48. The number of hydrogen-bond acceptors (Lipinski definition) is 4. The van der Waals surface area contributed by atoms with E-state index in [1.54, 1.807) is 7.11 Å². The second kappa shape index (κ2) is 11.0. The van der Waals surface area contributed by atoms with Crippen LogP contribution in [-0.4, -0.2) is 55.9 Å². The van der Waals surface area contributed by atoms with Crippen molar-refractivity contribution in [3.8, 4) is 0 Å². The van der Waals surface area contributed by atoms with Gasteiger partial charge in [-0.25, -0.2) is 0 Å². The van der Waals surface area contributed by atoms with Crippen molar-refractivity contribution < 1.29 is 9.53 Å². The first-order chi connectivity index (χ1) is 16.2. The Labute approximate surface area is 198 Å². The first-order valence-corrected chi connectivity index (χ1v) is 12.5. The van der Waals surface area contributed by atoms with E-state index in [0.717, 1.165) is 69.7 Å². The SMILES string of the molecule is CC.COC1CCN(C(=O)[C@H]2CCCN(c3cccc(C4=Nc5ccccc5C4)c3)C2)CC1. The third-order valence-corrected chi connectivity index (χ3v) is 7.01. The number of benzene rings is 2. The number of likely N-dealkylation sites (tertiary alicyclic amines) is 1. The van der Waals surface area contributed by atoms with Gasteiger partial charge in [-0.2, -0.15) is 0 Å². The van der Waals surface area contributed by atoms with Crippen molar-refractivity contribution in [2.24, 2.45) is 10.9 Å². The molecule has 0 N–H and O–H groups in total. The van der Waals surface area contributed by atoms with Crippen LogP contribution in [0.2, 0.25) is 0 Å². The van der Waals surface area contributed by atoms with Crippen molar-refractivity contribution in [2.45, 2.75) is 52.1 Å². The summed E-state index contributed by atoms with van der Waals surface area (Å²) >= 11 is 0. The minimum Gasteiger partial charge on any atom is -0.381 e. The summed E-state index contributed by atoms with van der Waals surface area (Å²) in [6, 6.07) is 17.1. The van der Waals surface area contributed by atoms with Crippen LogP contribution in [0.1, 0.15) is 50.7 Å². The standard InChI is InChI=1S/C26H31N3O2.C2H6/c1-31-23-11-14-28(15-12-23)26(30)21-8-5-13-29(18-21)22-9-4-7-19(16-22)25-17-20-6-2-3-10-24(20)27-25;1-2/h2-4,6-7,9-10,16,21,23H,5,8,11-15,17-18H2,1H3;1-2H3/t21-;/m0./s1. The lowest BCUT2D eigenvalue weighted by atomic mass is 9.94. The van der Waals surface area contributed by atoms with Crippen molar-refractivity contribution in [3.05, 3.63) is 59.7 Å². The van der Waals surface area contributed by atoms with Gasteiger partial charge in [0.1, 0.15) is 0 Å². The predicted octanol–water partition coefficient (Wildman–Crippen LogP) is 5.24. The Balaban J connectivity index is 0.00000126. The summed E-state index contributed by atoms with van der Waals surface area (Å²) in [6.45, 7) is 7.46. The van der Waals surface area contributed by atoms with Gasteiger partial charge in [-0.1, -0.05) is 44.2 Å². The fourth-order valence-corrected chi connectivity index (χ4v) is 5.17. The van der Waals surface area contributed by atoms with E-state index in [9.17, 15) is 4.79 Å². The summed E-state index contributed by atoms with van der Waals surface area (Å²) in [5.41, 5.74) is 5.90. The minimum absolute atomic E-state index is 0.0876. The number of carbonyl (C=O) groups excluding carboxylic acids is 1. The van der Waals surface area contributed by atoms with Gasteiger partial charge >= 0.3 is 0 Å². The van der Waals surface area contributed by atoms with Gasteiger partial charge in [0.05, 0.1) is 23.4 Å². The number of nitrogens with zero attached hydrogens (tertiary/aromatic N) is 3. The summed E-state index contributed by atoms with van der Waals surface area (Å²) in [7, 11) is 1.77. The molecule has 1 atom stereocenters. The van der Waals surface area contributed by atoms with E-state index in [1.165, 1.54) is 16.8 Å². The molecule has 2 saturated heterocycles. The maximum atomic E-state index is 13.2. The van der Waals surface area contributed by atoms with Gasteiger partial charge in [0.2, 0.25) is 5.91 Å². The zero-order chi connectivity index (χ0) is 23.2. The number of para-hydroxylation sites is 1. The van der Waals surface area contributed by atoms with Gasteiger partial charge in [0.15, 0.2) is 0 Å². The molecule has 1 amide bonds. The molecule has 2 fully saturated rings. The molecule has 0 unspecified atom stereocenters. The van der Waals surface area contributed by atoms with Crippen LogP contribution in [0.3, 0.4) is 0 Å². The smallest absolute Gasteiger partial charge is 0.227 e. The number of piperidine rings is 2. The summed E-state index contributed by atoms with van der Waals surface area (Å²) < 4.78 is 5.46. The second-order valence-corrected chi connectivity index (χ2v) is 8.96. The van der Waals surface area contributed by atoms with Gasteiger partial charge in [0.25, 0.3) is 0 Å². The van der Waals surface area contributed by atoms with Crippen LogP contribution in [0, 0.1) is 5.92 Å². The highest BCUT2D eigenvalue weighted by atomic mass is 16.5. The number of anilines is 1. The number of hydrogen-bond donors (Lipinski definition) is 0. The molecule has 0 spiro atoms. The van der Waals surface area contributed by atoms with Gasteiger partial charge in [0, 0.05) is 45.4 Å². The van der Waals surface area contributed by atoms with E-state index >= 15 is 0 Å². The zero-order valence-electron chi connectivity index (χ0n) is 20.3. The van der Waals surface area contributed by atoms with E-state index in [0.29, 0.717) is 12.0 Å². The molecular weight excluding hydrogens is 410 g/mol. The molecule has 3 aliphatic rings. The molecule has 0 saturated carbocycles. The maximum absolute atomic E-state index is 13.2. The third-order valence-electron chi connectivity index (χ3n) is 7.01. The highest BCUT2D eigenvalue weighted by molar-refractivity contribution is 6.07. The van der Waals surface area contributed by atoms with Crippen LogP contribution < -0.4 is 4.90 Å². The van der Waals surface area contributed by atoms with E-state index in [-0.39, 0.29) is 5.92 Å². The van der Waals surface area contributed by atoms with E-state index in [2.05, 4.69) is 52.3 Å². The zero-order valence-corrected chi connectivity index (χ0v) is 20.3. The molecule has 2 aromatic rings. The van der Waals surface area contributed by atoms with Gasteiger partial charge < -0.3 is 14.5 Å². The number of rotatable bonds is 4. The normalized spacial score (nSPS) is 20.6. The topological polar surface area (TPSA) is 45.1 Å². The average Bonchev–Trinajstić information content (AvgIpc) is 3.34. The second-order valence-electron chi connectivity index (χ2n) is 8.96. The molecule has 0 aromatic heterocycles. The van der Waals surface area contributed by atoms with E-state index in [1.807, 2.05) is 19.9 Å². The minimum atomic E-state index is 0.0876. The molecule has 5 rings (SSSR count). The Morgan fingerprint density at radius 2 is 1.79 bits per heavy atom. The monoisotopic (exact) mass is 447 g/mol. The van der Waals surface area contributed by atoms with Gasteiger partial charge in [-0.05, 0) is 55.0 Å². The molecule has 0 aliphatic carbocycles. The highest BCUT2D eigenvalue weighted by Crippen LogP contribution is 2.31. The number of methoxy groups -OCH3 is 1. The highest BCUT2D eigenvalue weighted by Gasteiger charge is 2.31. The third kappa shape index (κ3) is 5.30. The number of fused-ring (bicyclic) bond motifs is 1. The van der Waals surface area contributed by atoms with Gasteiger partial charge in [-0.3, -0.25) is 9.79 Å². The first-order valence-electron chi connectivity index (χ1n) is 12.5. The van der Waals surface area contributed by atoms with Crippen LogP contribution in [0.15, 0.2) is 53.5 Å². The molecule has 3 aliphatic heterocycles. The Morgan fingerprint density at radius 3 is 2.55 bits per heavy atom. The van der Waals surface area contributed by atoms with E-state index < -0.39 is 0 Å². The fraction of sp³-hybridized carbons (Fsp3) is 0.500. The van der Waals surface area contributed by atoms with Crippen molar-refractivity contribution >= 4 is 23.0 Å². The van der Waals surface area contributed by atoms with Crippen LogP contribution in [0.4, 0.5) is 11.4 Å². The number of aliphatic imine (C=N–C) groups is 1. The van der Waals surface area contributed by atoms with Crippen molar-refractivity contribution in [1.82, 2.24) is 4.90 Å².